The molecule has 11 nitrogen and oxygen atoms in total. The van der Waals surface area contributed by atoms with Crippen LogP contribution in [-0.2, 0) is 4.79 Å². The molecule has 15 heteroatoms. The number of methoxy groups -OCH3 is 1. The number of halogens is 3. The molecule has 0 saturated carbocycles. The number of hydrogen-bond acceptors (Lipinski definition) is 8. The van der Waals surface area contributed by atoms with Gasteiger partial charge in [0.2, 0.25) is 5.91 Å². The van der Waals surface area contributed by atoms with Gasteiger partial charge in [-0.15, -0.1) is 18.3 Å². The number of aromatic nitrogens is 3. The maximum absolute atomic E-state index is 12.8. The molecule has 0 unspecified atom stereocenters. The maximum Gasteiger partial charge on any atom is 0.573 e. The van der Waals surface area contributed by atoms with Crippen LogP contribution in [0.3, 0.4) is 0 Å². The van der Waals surface area contributed by atoms with Crippen molar-refractivity contribution in [3.05, 3.63) is 90.4 Å². The van der Waals surface area contributed by atoms with Crippen molar-refractivity contribution in [3.8, 4) is 34.6 Å². The van der Waals surface area contributed by atoms with Gasteiger partial charge in [-0.1, -0.05) is 49.9 Å². The van der Waals surface area contributed by atoms with E-state index in [4.69, 9.17) is 4.74 Å². The Bertz CT molecular complexity index is 1900. The van der Waals surface area contributed by atoms with Gasteiger partial charge in [-0.3, -0.25) is 9.69 Å². The van der Waals surface area contributed by atoms with Crippen molar-refractivity contribution in [2.45, 2.75) is 26.1 Å². The third-order valence-electron chi connectivity index (χ3n) is 6.80. The highest BCUT2D eigenvalue weighted by atomic mass is 32.2. The number of urea groups is 1. The summed E-state index contributed by atoms with van der Waals surface area (Å²) in [5.41, 5.74) is 3.20. The first-order valence-electron chi connectivity index (χ1n) is 14.0. The van der Waals surface area contributed by atoms with Gasteiger partial charge >= 0.3 is 12.4 Å². The molecule has 3 aromatic carbocycles. The van der Waals surface area contributed by atoms with Gasteiger partial charge < -0.3 is 14.8 Å². The Kier molecular flexibility index (Phi) is 9.62. The average Bonchev–Trinajstić information content (AvgIpc) is 3.68. The number of thioether (sulfide) groups is 1. The number of amidine groups is 1. The summed E-state index contributed by atoms with van der Waals surface area (Å²) in [6.07, 6.45) is -2.14. The third-order valence-corrected chi connectivity index (χ3v) is 7.72. The normalized spacial score (nSPS) is 14.4. The van der Waals surface area contributed by atoms with E-state index in [-0.39, 0.29) is 34.1 Å². The molecule has 1 aliphatic rings. The van der Waals surface area contributed by atoms with Crippen molar-refractivity contribution in [2.75, 3.05) is 17.8 Å². The Labute approximate surface area is 271 Å². The minimum Gasteiger partial charge on any atom is -0.497 e. The molecule has 1 saturated heterocycles. The molecule has 0 radical (unpaired) electrons. The minimum absolute atomic E-state index is 0.0649. The SMILES string of the molecule is COc1ccc(N2C(=O)CSC2=NC(=O)N/C=C(\C#N)c2ccc(-c3ncn(-c4ccc(OC(F)(F)F)cc4)n3)cc2)c(C(C)C)c1. The molecule has 0 atom stereocenters. The number of ether oxygens (including phenoxy) is 2. The van der Waals surface area contributed by atoms with Crippen molar-refractivity contribution in [1.29, 1.82) is 5.26 Å². The summed E-state index contributed by atoms with van der Waals surface area (Å²) >= 11 is 1.14. The molecule has 0 spiro atoms. The highest BCUT2D eigenvalue weighted by Gasteiger charge is 2.33. The van der Waals surface area contributed by atoms with Crippen LogP contribution in [0.4, 0.5) is 23.7 Å². The molecule has 4 aromatic rings. The second-order valence-corrected chi connectivity index (χ2v) is 11.2. The molecule has 1 aromatic heterocycles. The summed E-state index contributed by atoms with van der Waals surface area (Å²) in [7, 11) is 1.56. The van der Waals surface area contributed by atoms with Crippen molar-refractivity contribution >= 4 is 40.1 Å². The number of nitrogens with zero attached hydrogens (tertiary/aromatic N) is 6. The fraction of sp³-hybridized carbons (Fsp3) is 0.188. The Balaban J connectivity index is 1.28. The lowest BCUT2D eigenvalue weighted by Crippen LogP contribution is -2.31. The highest BCUT2D eigenvalue weighted by molar-refractivity contribution is 8.15. The lowest BCUT2D eigenvalue weighted by atomic mass is 10.00. The summed E-state index contributed by atoms with van der Waals surface area (Å²) in [6, 6.07) is 18.5. The van der Waals surface area contributed by atoms with Gasteiger partial charge in [-0.2, -0.15) is 10.3 Å². The van der Waals surface area contributed by atoms with Crippen LogP contribution in [0.2, 0.25) is 0 Å². The predicted octanol–water partition coefficient (Wildman–Crippen LogP) is 6.67. The second kappa shape index (κ2) is 13.8. The van der Waals surface area contributed by atoms with Gasteiger partial charge in [0.25, 0.3) is 0 Å². The average molecular weight is 662 g/mol. The summed E-state index contributed by atoms with van der Waals surface area (Å²) in [4.78, 5) is 35.4. The van der Waals surface area contributed by atoms with Crippen LogP contribution in [0.15, 0.2) is 84.2 Å². The monoisotopic (exact) mass is 661 g/mol. The zero-order valence-corrected chi connectivity index (χ0v) is 26.0. The van der Waals surface area contributed by atoms with Gasteiger partial charge in [0.15, 0.2) is 11.0 Å². The number of benzene rings is 3. The van der Waals surface area contributed by atoms with Crippen LogP contribution in [0, 0.1) is 11.3 Å². The Morgan fingerprint density at radius 2 is 1.81 bits per heavy atom. The smallest absolute Gasteiger partial charge is 0.497 e. The van der Waals surface area contributed by atoms with E-state index in [0.29, 0.717) is 34.1 Å². The Hall–Kier alpha value is -5.62. The van der Waals surface area contributed by atoms with E-state index in [1.54, 1.807) is 43.5 Å². The standard InChI is InChI=1S/C32H26F3N7O4S/c1-19(2)26-14-25(45-3)12-13-27(26)42-28(43)17-47-31(42)39-30(44)37-16-22(15-36)20-4-6-21(7-5-20)29-38-18-41(40-29)23-8-10-24(11-9-23)46-32(33,34)35/h4-14,16,18-19H,17H2,1-3H3,(H,37,44)/b22-16+,39-31?. The fourth-order valence-corrected chi connectivity index (χ4v) is 5.42. The number of carbonyl (C=O) groups excluding carboxylic acids is 2. The lowest BCUT2D eigenvalue weighted by molar-refractivity contribution is -0.274. The van der Waals surface area contributed by atoms with Gasteiger partial charge in [-0.05, 0) is 59.5 Å². The summed E-state index contributed by atoms with van der Waals surface area (Å²) in [5, 5.41) is 16.8. The molecule has 1 aliphatic heterocycles. The Morgan fingerprint density at radius 3 is 2.45 bits per heavy atom. The number of aliphatic imine (C=N–C) groups is 1. The van der Waals surface area contributed by atoms with Crippen molar-refractivity contribution in [1.82, 2.24) is 20.1 Å². The van der Waals surface area contributed by atoms with Crippen molar-refractivity contribution in [2.24, 2.45) is 4.99 Å². The number of hydrogen-bond donors (Lipinski definition) is 1. The molecular weight excluding hydrogens is 635 g/mol. The highest BCUT2D eigenvalue weighted by Crippen LogP contribution is 2.35. The van der Waals surface area contributed by atoms with Crippen LogP contribution >= 0.6 is 11.8 Å². The molecule has 5 rings (SSSR count). The van der Waals surface area contributed by atoms with E-state index in [2.05, 4.69) is 25.1 Å². The van der Waals surface area contributed by atoms with Crippen molar-refractivity contribution in [3.63, 3.8) is 0 Å². The van der Waals surface area contributed by atoms with Crippen LogP contribution in [0.5, 0.6) is 11.5 Å². The number of rotatable bonds is 8. The zero-order valence-electron chi connectivity index (χ0n) is 25.1. The summed E-state index contributed by atoms with van der Waals surface area (Å²) in [6.45, 7) is 3.98. The van der Waals surface area contributed by atoms with Gasteiger partial charge in [0.1, 0.15) is 23.9 Å². The lowest BCUT2D eigenvalue weighted by Gasteiger charge is -2.22. The summed E-state index contributed by atoms with van der Waals surface area (Å²) in [5.74, 6) is 0.602. The van der Waals surface area contributed by atoms with Gasteiger partial charge in [0, 0.05) is 11.8 Å². The zero-order chi connectivity index (χ0) is 33.7. The van der Waals surface area contributed by atoms with Crippen LogP contribution in [0.1, 0.15) is 30.9 Å². The minimum atomic E-state index is -4.79. The number of nitriles is 1. The third kappa shape index (κ3) is 7.79. The molecule has 3 amide bonds. The molecule has 240 valence electrons. The van der Waals surface area contributed by atoms with Gasteiger partial charge in [0.05, 0.1) is 29.8 Å². The van der Waals surface area contributed by atoms with Crippen LogP contribution in [0.25, 0.3) is 22.6 Å². The van der Waals surface area contributed by atoms with Crippen molar-refractivity contribution < 1.29 is 32.2 Å². The van der Waals surface area contributed by atoms with E-state index in [1.165, 1.54) is 46.4 Å². The van der Waals surface area contributed by atoms with Crippen LogP contribution in [-0.4, -0.2) is 51.1 Å². The number of anilines is 1. The molecule has 1 N–H and O–H groups in total. The molecule has 47 heavy (non-hydrogen) atoms. The fourth-order valence-electron chi connectivity index (χ4n) is 4.56. The summed E-state index contributed by atoms with van der Waals surface area (Å²) < 4.78 is 47.9. The topological polar surface area (TPSA) is 135 Å². The quantitative estimate of drug-likeness (QED) is 0.207. The van der Waals surface area contributed by atoms with E-state index in [0.717, 1.165) is 17.3 Å². The Morgan fingerprint density at radius 1 is 1.11 bits per heavy atom. The largest absolute Gasteiger partial charge is 0.573 e. The molecule has 0 aliphatic carbocycles. The number of allylic oxidation sites excluding steroid dienone is 1. The van der Waals surface area contributed by atoms with Crippen LogP contribution < -0.4 is 19.7 Å². The molecular formula is C32H26F3N7O4S. The number of amides is 3. The number of carbonyl (C=O) groups is 2. The van der Waals surface area contributed by atoms with E-state index in [9.17, 15) is 28.0 Å². The van der Waals surface area contributed by atoms with E-state index in [1.807, 2.05) is 26.0 Å². The van der Waals surface area contributed by atoms with E-state index >= 15 is 0 Å². The van der Waals surface area contributed by atoms with E-state index < -0.39 is 12.4 Å². The van der Waals surface area contributed by atoms with Gasteiger partial charge in [-0.25, -0.2) is 14.5 Å². The number of alkyl halides is 3. The molecule has 1 fully saturated rings. The molecule has 0 bridgehead atoms. The number of nitrogens with one attached hydrogen (secondary N) is 1. The second-order valence-electron chi connectivity index (χ2n) is 10.2. The molecule has 2 heterocycles. The maximum atomic E-state index is 12.8. The first-order chi connectivity index (χ1) is 22.5. The first-order valence-corrected chi connectivity index (χ1v) is 15.0. The first kappa shape index (κ1) is 32.8. The predicted molar refractivity (Wildman–Crippen MR) is 170 cm³/mol.